The van der Waals surface area contributed by atoms with E-state index in [1.54, 1.807) is 0 Å². The van der Waals surface area contributed by atoms with E-state index in [0.717, 1.165) is 38.5 Å². The second-order valence-electron chi connectivity index (χ2n) is 7.93. The van der Waals surface area contributed by atoms with Gasteiger partial charge in [-0.1, -0.05) is 18.2 Å². The summed E-state index contributed by atoms with van der Waals surface area (Å²) in [6.45, 7) is 11.4. The van der Waals surface area contributed by atoms with Gasteiger partial charge in [-0.15, -0.1) is 0 Å². The molecule has 1 atom stereocenters. The Bertz CT molecular complexity index is 566. The molecule has 2 aliphatic heterocycles. The Balaban J connectivity index is 1.52. The minimum atomic E-state index is -0.755. The van der Waals surface area contributed by atoms with Gasteiger partial charge in [0.05, 0.1) is 18.8 Å². The molecule has 0 aliphatic carbocycles. The van der Waals surface area contributed by atoms with E-state index in [-0.39, 0.29) is 5.60 Å². The summed E-state index contributed by atoms with van der Waals surface area (Å²) in [7, 11) is 0. The minimum absolute atomic E-state index is 0.125. The minimum Gasteiger partial charge on any atom is -0.487 e. The highest BCUT2D eigenvalue weighted by Crippen LogP contribution is 2.37. The molecule has 5 nitrogen and oxygen atoms in total. The van der Waals surface area contributed by atoms with E-state index >= 15 is 0 Å². The smallest absolute Gasteiger partial charge is 0.127 e. The molecule has 2 aliphatic rings. The highest BCUT2D eigenvalue weighted by atomic mass is 16.5. The van der Waals surface area contributed by atoms with E-state index in [1.807, 2.05) is 6.92 Å². The summed E-state index contributed by atoms with van der Waals surface area (Å²) in [5.41, 5.74) is 1.56. The van der Waals surface area contributed by atoms with Crippen LogP contribution in [0.3, 0.4) is 0 Å². The summed E-state index contributed by atoms with van der Waals surface area (Å²) in [5.74, 6) is 1.02. The lowest BCUT2D eigenvalue weighted by molar-refractivity contribution is -0.0219. The third-order valence-electron chi connectivity index (χ3n) is 4.66. The second kappa shape index (κ2) is 7.00. The fourth-order valence-electron chi connectivity index (χ4n) is 3.58. The number of rotatable bonds is 6. The summed E-state index contributed by atoms with van der Waals surface area (Å²) < 4.78 is 11.5. The number of hydrogen-bond donors (Lipinski definition) is 2. The van der Waals surface area contributed by atoms with Crippen molar-refractivity contribution in [3.8, 4) is 5.75 Å². The van der Waals surface area contributed by atoms with Crippen LogP contribution in [0, 0.1) is 0 Å². The number of ether oxygens (including phenoxy) is 2. The molecule has 1 aromatic rings. The molecule has 134 valence electrons. The zero-order valence-corrected chi connectivity index (χ0v) is 15.1. The molecule has 1 unspecified atom stereocenters. The van der Waals surface area contributed by atoms with Gasteiger partial charge >= 0.3 is 0 Å². The number of nitrogens with zero attached hydrogens (tertiary/aromatic N) is 1. The Labute approximate surface area is 144 Å². The number of hydrogen-bond acceptors (Lipinski definition) is 5. The maximum Gasteiger partial charge on any atom is 0.127 e. The van der Waals surface area contributed by atoms with E-state index in [9.17, 15) is 5.11 Å². The Kier molecular flexibility index (Phi) is 5.16. The van der Waals surface area contributed by atoms with Gasteiger partial charge in [0.25, 0.3) is 0 Å². The summed E-state index contributed by atoms with van der Waals surface area (Å²) in [6, 6.07) is 6.33. The lowest BCUT2D eigenvalue weighted by Gasteiger charge is -2.34. The van der Waals surface area contributed by atoms with Crippen molar-refractivity contribution in [2.75, 3.05) is 39.4 Å². The zero-order valence-electron chi connectivity index (χ0n) is 15.1. The van der Waals surface area contributed by atoms with Crippen molar-refractivity contribution < 1.29 is 14.6 Å². The third-order valence-corrected chi connectivity index (χ3v) is 4.66. The van der Waals surface area contributed by atoms with E-state index in [0.29, 0.717) is 19.6 Å². The van der Waals surface area contributed by atoms with E-state index in [4.69, 9.17) is 9.47 Å². The number of fused-ring (bicyclic) bond motifs is 1. The first-order valence-electron chi connectivity index (χ1n) is 8.88. The van der Waals surface area contributed by atoms with E-state index < -0.39 is 5.60 Å². The van der Waals surface area contributed by atoms with Gasteiger partial charge in [0, 0.05) is 44.7 Å². The van der Waals surface area contributed by atoms with Crippen LogP contribution in [-0.2, 0) is 17.7 Å². The number of para-hydroxylation sites is 1. The van der Waals surface area contributed by atoms with Crippen LogP contribution in [0.1, 0.15) is 31.9 Å². The van der Waals surface area contributed by atoms with Crippen LogP contribution >= 0.6 is 0 Å². The van der Waals surface area contributed by atoms with Crippen LogP contribution in [0.5, 0.6) is 5.75 Å². The second-order valence-corrected chi connectivity index (χ2v) is 7.93. The van der Waals surface area contributed by atoms with E-state index in [1.165, 1.54) is 11.1 Å². The highest BCUT2D eigenvalue weighted by molar-refractivity contribution is 5.45. The molecule has 0 aromatic heterocycles. The largest absolute Gasteiger partial charge is 0.487 e. The summed E-state index contributed by atoms with van der Waals surface area (Å²) in [4.78, 5) is 2.26. The first kappa shape index (κ1) is 17.7. The van der Waals surface area contributed by atoms with Crippen LogP contribution in [-0.4, -0.2) is 60.6 Å². The SMILES string of the molecule is CC(O)(CNCc1cccc2c1OC(C)(C)C2)CN1CCOCC1. The Morgan fingerprint density at radius 3 is 2.79 bits per heavy atom. The van der Waals surface area contributed by atoms with Crippen LogP contribution in [0.4, 0.5) is 0 Å². The summed E-state index contributed by atoms with van der Waals surface area (Å²) in [5, 5.41) is 14.0. The lowest BCUT2D eigenvalue weighted by Crippen LogP contribution is -2.50. The number of aliphatic hydroxyl groups is 1. The molecular weight excluding hydrogens is 304 g/mol. The van der Waals surface area contributed by atoms with Gasteiger partial charge in [0.1, 0.15) is 11.4 Å². The topological polar surface area (TPSA) is 54.0 Å². The molecule has 0 amide bonds. The first-order valence-corrected chi connectivity index (χ1v) is 8.88. The van der Waals surface area contributed by atoms with Crippen molar-refractivity contribution in [2.24, 2.45) is 0 Å². The molecule has 0 spiro atoms. The molecule has 0 saturated carbocycles. The van der Waals surface area contributed by atoms with Crippen molar-refractivity contribution in [1.82, 2.24) is 10.2 Å². The first-order chi connectivity index (χ1) is 11.3. The van der Waals surface area contributed by atoms with E-state index in [2.05, 4.69) is 42.3 Å². The normalized spacial score (nSPS) is 22.7. The molecule has 5 heteroatoms. The fraction of sp³-hybridized carbons (Fsp3) is 0.684. The molecule has 3 rings (SSSR count). The molecule has 1 aromatic carbocycles. The number of nitrogens with one attached hydrogen (secondary N) is 1. The molecule has 1 fully saturated rings. The average Bonchev–Trinajstić information content (AvgIpc) is 2.82. The Hall–Kier alpha value is -1.14. The quantitative estimate of drug-likeness (QED) is 0.827. The monoisotopic (exact) mass is 334 g/mol. The molecule has 1 saturated heterocycles. The van der Waals surface area contributed by atoms with Crippen LogP contribution in [0.2, 0.25) is 0 Å². The van der Waals surface area contributed by atoms with Crippen LogP contribution in [0.25, 0.3) is 0 Å². The number of β-amino-alcohol motifs (C(OH)–C–C–N with tert-alkyl or cyclic N) is 1. The maximum atomic E-state index is 10.6. The molecule has 0 radical (unpaired) electrons. The Morgan fingerprint density at radius 1 is 1.29 bits per heavy atom. The number of benzene rings is 1. The molecule has 0 bridgehead atoms. The van der Waals surface area contributed by atoms with Gasteiger partial charge in [-0.25, -0.2) is 0 Å². The predicted octanol–water partition coefficient (Wildman–Crippen LogP) is 1.57. The molecule has 24 heavy (non-hydrogen) atoms. The molecular formula is C19H30N2O3. The highest BCUT2D eigenvalue weighted by Gasteiger charge is 2.31. The van der Waals surface area contributed by atoms with Gasteiger partial charge in [0.2, 0.25) is 0 Å². The predicted molar refractivity (Wildman–Crippen MR) is 94.4 cm³/mol. The van der Waals surface area contributed by atoms with Crippen LogP contribution in [0.15, 0.2) is 18.2 Å². The van der Waals surface area contributed by atoms with Crippen LogP contribution < -0.4 is 10.1 Å². The zero-order chi connectivity index (χ0) is 17.2. The van der Waals surface area contributed by atoms with Gasteiger partial charge in [0.15, 0.2) is 0 Å². The standard InChI is InChI=1S/C19H30N2O3/c1-18(2)11-15-5-4-6-16(17(15)24-18)12-20-13-19(3,22)14-21-7-9-23-10-8-21/h4-6,20,22H,7-14H2,1-3H3. The third kappa shape index (κ3) is 4.48. The fourth-order valence-corrected chi connectivity index (χ4v) is 3.58. The summed E-state index contributed by atoms with van der Waals surface area (Å²) in [6.07, 6.45) is 0.949. The maximum absolute atomic E-state index is 10.6. The van der Waals surface area contributed by atoms with Gasteiger partial charge < -0.3 is 19.9 Å². The van der Waals surface area contributed by atoms with Crippen molar-refractivity contribution in [1.29, 1.82) is 0 Å². The summed E-state index contributed by atoms with van der Waals surface area (Å²) >= 11 is 0. The molecule has 2 heterocycles. The number of morpholine rings is 1. The average molecular weight is 334 g/mol. The van der Waals surface area contributed by atoms with Crippen molar-refractivity contribution in [3.05, 3.63) is 29.3 Å². The van der Waals surface area contributed by atoms with Crippen molar-refractivity contribution in [3.63, 3.8) is 0 Å². The van der Waals surface area contributed by atoms with Gasteiger partial charge in [-0.2, -0.15) is 0 Å². The lowest BCUT2D eigenvalue weighted by atomic mass is 10.0. The van der Waals surface area contributed by atoms with Crippen molar-refractivity contribution >= 4 is 0 Å². The van der Waals surface area contributed by atoms with Gasteiger partial charge in [-0.05, 0) is 26.3 Å². The van der Waals surface area contributed by atoms with Gasteiger partial charge in [-0.3, -0.25) is 4.90 Å². The van der Waals surface area contributed by atoms with Crippen molar-refractivity contribution in [2.45, 2.75) is 44.9 Å². The Morgan fingerprint density at radius 2 is 2.04 bits per heavy atom. The molecule has 2 N–H and O–H groups in total.